The van der Waals surface area contributed by atoms with Gasteiger partial charge < -0.3 is 15.2 Å². The van der Waals surface area contributed by atoms with Crippen LogP contribution in [0.1, 0.15) is 12.0 Å². The third kappa shape index (κ3) is 5.91. The summed E-state index contributed by atoms with van der Waals surface area (Å²) in [5.74, 6) is 0. The molecule has 0 aliphatic rings. The number of methoxy groups -OCH3 is 2. The van der Waals surface area contributed by atoms with Gasteiger partial charge in [0.05, 0.1) is 6.61 Å². The molecular formula is C14H23BrN2O2. The molecule has 1 aromatic carbocycles. The fourth-order valence-corrected chi connectivity index (χ4v) is 2.28. The number of anilines is 1. The van der Waals surface area contributed by atoms with Crippen LogP contribution < -0.4 is 5.73 Å². The van der Waals surface area contributed by atoms with E-state index in [1.54, 1.807) is 14.2 Å². The summed E-state index contributed by atoms with van der Waals surface area (Å²) >= 11 is 3.55. The second kappa shape index (κ2) is 9.31. The Bertz CT molecular complexity index is 374. The van der Waals surface area contributed by atoms with E-state index < -0.39 is 0 Å². The molecule has 1 aromatic rings. The highest BCUT2D eigenvalue weighted by Gasteiger charge is 2.09. The van der Waals surface area contributed by atoms with Gasteiger partial charge in [-0.2, -0.15) is 0 Å². The van der Waals surface area contributed by atoms with E-state index in [1.165, 1.54) is 5.56 Å². The first kappa shape index (κ1) is 16.4. The average Bonchev–Trinajstić information content (AvgIpc) is 2.41. The quantitative estimate of drug-likeness (QED) is 0.558. The van der Waals surface area contributed by atoms with Crippen LogP contribution >= 0.6 is 15.9 Å². The topological polar surface area (TPSA) is 47.7 Å². The van der Waals surface area contributed by atoms with Crippen molar-refractivity contribution in [3.8, 4) is 0 Å². The van der Waals surface area contributed by atoms with Crippen LogP contribution in [0.25, 0.3) is 0 Å². The first-order chi connectivity index (χ1) is 9.19. The second-order valence-corrected chi connectivity index (χ2v) is 5.23. The van der Waals surface area contributed by atoms with Crippen LogP contribution in [-0.4, -0.2) is 45.4 Å². The van der Waals surface area contributed by atoms with Crippen molar-refractivity contribution in [1.29, 1.82) is 0 Å². The van der Waals surface area contributed by atoms with Crippen LogP contribution in [0.4, 0.5) is 5.69 Å². The Morgan fingerprint density at radius 1 is 1.16 bits per heavy atom. The number of nitrogen functional groups attached to an aromatic ring is 1. The smallest absolute Gasteiger partial charge is 0.0589 e. The van der Waals surface area contributed by atoms with Gasteiger partial charge in [-0.25, -0.2) is 0 Å². The summed E-state index contributed by atoms with van der Waals surface area (Å²) in [5, 5.41) is 0. The first-order valence-corrected chi connectivity index (χ1v) is 7.21. The van der Waals surface area contributed by atoms with E-state index in [2.05, 4.69) is 26.9 Å². The molecule has 0 fully saturated rings. The lowest BCUT2D eigenvalue weighted by atomic mass is 10.2. The zero-order chi connectivity index (χ0) is 14.1. The van der Waals surface area contributed by atoms with Gasteiger partial charge in [0.2, 0.25) is 0 Å². The highest BCUT2D eigenvalue weighted by Crippen LogP contribution is 2.24. The van der Waals surface area contributed by atoms with Gasteiger partial charge >= 0.3 is 0 Å². The molecule has 0 aliphatic carbocycles. The van der Waals surface area contributed by atoms with Gasteiger partial charge in [0.1, 0.15) is 0 Å². The predicted octanol–water partition coefficient (Wildman–Crippen LogP) is 2.52. The molecule has 0 heterocycles. The van der Waals surface area contributed by atoms with E-state index in [-0.39, 0.29) is 0 Å². The van der Waals surface area contributed by atoms with Gasteiger partial charge in [0.25, 0.3) is 0 Å². The van der Waals surface area contributed by atoms with Crippen molar-refractivity contribution in [2.75, 3.05) is 46.3 Å². The molecule has 0 atom stereocenters. The molecule has 0 unspecified atom stereocenters. The van der Waals surface area contributed by atoms with E-state index in [1.807, 2.05) is 12.1 Å². The fourth-order valence-electron chi connectivity index (χ4n) is 1.89. The molecule has 108 valence electrons. The van der Waals surface area contributed by atoms with E-state index >= 15 is 0 Å². The maximum Gasteiger partial charge on any atom is 0.0589 e. The zero-order valence-corrected chi connectivity index (χ0v) is 13.3. The maximum atomic E-state index is 5.91. The monoisotopic (exact) mass is 330 g/mol. The maximum absolute atomic E-state index is 5.91. The summed E-state index contributed by atoms with van der Waals surface area (Å²) in [5.41, 5.74) is 7.89. The Hall–Kier alpha value is -0.620. The van der Waals surface area contributed by atoms with Crippen molar-refractivity contribution in [2.45, 2.75) is 13.0 Å². The Morgan fingerprint density at radius 2 is 1.89 bits per heavy atom. The average molecular weight is 331 g/mol. The van der Waals surface area contributed by atoms with Crippen molar-refractivity contribution < 1.29 is 9.47 Å². The van der Waals surface area contributed by atoms with Crippen LogP contribution in [0.3, 0.4) is 0 Å². The minimum Gasteiger partial charge on any atom is -0.398 e. The summed E-state index contributed by atoms with van der Waals surface area (Å²) in [6.07, 6.45) is 1.01. The Morgan fingerprint density at radius 3 is 2.58 bits per heavy atom. The zero-order valence-electron chi connectivity index (χ0n) is 11.7. The summed E-state index contributed by atoms with van der Waals surface area (Å²) in [6.45, 7) is 4.26. The molecule has 0 saturated heterocycles. The third-order valence-electron chi connectivity index (χ3n) is 2.94. The fraction of sp³-hybridized carbons (Fsp3) is 0.571. The Balaban J connectivity index is 2.61. The summed E-state index contributed by atoms with van der Waals surface area (Å²) < 4.78 is 11.3. The number of nitrogens with zero attached hydrogens (tertiary/aromatic N) is 1. The van der Waals surface area contributed by atoms with Crippen LogP contribution in [0.5, 0.6) is 0 Å². The SMILES string of the molecule is COCCCN(CCOC)Cc1cccc(N)c1Br. The van der Waals surface area contributed by atoms with Crippen molar-refractivity contribution in [3.63, 3.8) is 0 Å². The molecule has 5 heteroatoms. The largest absolute Gasteiger partial charge is 0.398 e. The van der Waals surface area contributed by atoms with Crippen LogP contribution in [-0.2, 0) is 16.0 Å². The van der Waals surface area contributed by atoms with Crippen molar-refractivity contribution >= 4 is 21.6 Å². The molecule has 0 saturated carbocycles. The lowest BCUT2D eigenvalue weighted by molar-refractivity contribution is 0.129. The van der Waals surface area contributed by atoms with Gasteiger partial charge in [0, 0.05) is 50.6 Å². The van der Waals surface area contributed by atoms with Gasteiger partial charge in [-0.3, -0.25) is 4.90 Å². The van der Waals surface area contributed by atoms with Crippen LogP contribution in [0.15, 0.2) is 22.7 Å². The van der Waals surface area contributed by atoms with Crippen LogP contribution in [0, 0.1) is 0 Å². The number of rotatable bonds is 9. The number of halogens is 1. The molecule has 4 nitrogen and oxygen atoms in total. The molecule has 0 aliphatic heterocycles. The molecule has 0 spiro atoms. The highest BCUT2D eigenvalue weighted by molar-refractivity contribution is 9.10. The second-order valence-electron chi connectivity index (χ2n) is 4.44. The summed E-state index contributed by atoms with van der Waals surface area (Å²) in [6, 6.07) is 5.98. The first-order valence-electron chi connectivity index (χ1n) is 6.42. The third-order valence-corrected chi connectivity index (χ3v) is 3.90. The predicted molar refractivity (Wildman–Crippen MR) is 82.2 cm³/mol. The van der Waals surface area contributed by atoms with E-state index in [4.69, 9.17) is 15.2 Å². The van der Waals surface area contributed by atoms with Gasteiger partial charge in [-0.1, -0.05) is 12.1 Å². The lowest BCUT2D eigenvalue weighted by Gasteiger charge is -2.22. The number of nitrogens with two attached hydrogens (primary N) is 1. The summed E-state index contributed by atoms with van der Waals surface area (Å²) in [4.78, 5) is 2.35. The van der Waals surface area contributed by atoms with E-state index in [0.717, 1.165) is 49.4 Å². The minimum absolute atomic E-state index is 0.729. The molecule has 0 aromatic heterocycles. The van der Waals surface area contributed by atoms with Crippen molar-refractivity contribution in [3.05, 3.63) is 28.2 Å². The lowest BCUT2D eigenvalue weighted by Crippen LogP contribution is -2.29. The molecule has 0 radical (unpaired) electrons. The van der Waals surface area contributed by atoms with Gasteiger partial charge in [-0.15, -0.1) is 0 Å². The van der Waals surface area contributed by atoms with Crippen molar-refractivity contribution in [1.82, 2.24) is 4.90 Å². The van der Waals surface area contributed by atoms with E-state index in [0.29, 0.717) is 0 Å². The van der Waals surface area contributed by atoms with Gasteiger partial charge in [0.15, 0.2) is 0 Å². The normalized spacial score (nSPS) is 11.2. The standard InChI is InChI=1S/C14H23BrN2O2/c1-18-9-4-7-17(8-10-19-2)11-12-5-3-6-13(16)14(12)15/h3,5-6H,4,7-11,16H2,1-2H3. The number of hydrogen-bond donors (Lipinski definition) is 1. The van der Waals surface area contributed by atoms with Crippen LogP contribution in [0.2, 0.25) is 0 Å². The summed E-state index contributed by atoms with van der Waals surface area (Å²) in [7, 11) is 3.46. The highest BCUT2D eigenvalue weighted by atomic mass is 79.9. The number of hydrogen-bond acceptors (Lipinski definition) is 4. The Kier molecular flexibility index (Phi) is 8.05. The minimum atomic E-state index is 0.729. The molecule has 2 N–H and O–H groups in total. The van der Waals surface area contributed by atoms with Gasteiger partial charge in [-0.05, 0) is 34.0 Å². The molecule has 19 heavy (non-hydrogen) atoms. The molecular weight excluding hydrogens is 308 g/mol. The molecule has 1 rings (SSSR count). The molecule has 0 bridgehead atoms. The van der Waals surface area contributed by atoms with Crippen molar-refractivity contribution in [2.24, 2.45) is 0 Å². The Labute approximate surface area is 124 Å². The number of benzene rings is 1. The van der Waals surface area contributed by atoms with E-state index in [9.17, 15) is 0 Å². The molecule has 0 amide bonds. The number of ether oxygens (including phenoxy) is 2.